The van der Waals surface area contributed by atoms with Gasteiger partial charge in [-0.25, -0.2) is 4.98 Å². The largest absolute Gasteiger partial charge is 0.464 e. The molecule has 5 heteroatoms. The van der Waals surface area contributed by atoms with Crippen molar-refractivity contribution in [2.45, 2.75) is 0 Å². The van der Waals surface area contributed by atoms with Crippen LogP contribution in [0.5, 0.6) is 0 Å². The maximum atomic E-state index is 11.9. The van der Waals surface area contributed by atoms with E-state index in [0.29, 0.717) is 5.76 Å². The van der Waals surface area contributed by atoms with Gasteiger partial charge in [-0.2, -0.15) is 0 Å². The maximum absolute atomic E-state index is 11.9. The van der Waals surface area contributed by atoms with Crippen molar-refractivity contribution in [3.05, 3.63) is 55.2 Å². The van der Waals surface area contributed by atoms with Gasteiger partial charge in [0.1, 0.15) is 18.4 Å². The topological polar surface area (TPSA) is 61.2 Å². The summed E-state index contributed by atoms with van der Waals surface area (Å²) in [6.07, 6.45) is 7.59. The molecule has 0 fully saturated rings. The van der Waals surface area contributed by atoms with Gasteiger partial charge < -0.3 is 8.83 Å². The molecule has 0 atom stereocenters. The second-order valence-electron chi connectivity index (χ2n) is 3.45. The lowest BCUT2D eigenvalue weighted by Crippen LogP contribution is -2.08. The standard InChI is InChI=1S/C12H8N2O3/c15-12(14-4-3-13-8-14)11-6-9(7-17-11)10-2-1-5-16-10/h1-8H. The summed E-state index contributed by atoms with van der Waals surface area (Å²) in [5.74, 6) is 0.646. The minimum atomic E-state index is -0.264. The highest BCUT2D eigenvalue weighted by molar-refractivity contribution is 5.94. The Morgan fingerprint density at radius 1 is 1.35 bits per heavy atom. The highest BCUT2D eigenvalue weighted by Crippen LogP contribution is 2.22. The molecular formula is C12H8N2O3. The van der Waals surface area contributed by atoms with Crippen LogP contribution in [0.4, 0.5) is 0 Å². The number of rotatable bonds is 2. The van der Waals surface area contributed by atoms with Crippen LogP contribution >= 0.6 is 0 Å². The van der Waals surface area contributed by atoms with E-state index < -0.39 is 0 Å². The fourth-order valence-corrected chi connectivity index (χ4v) is 1.53. The van der Waals surface area contributed by atoms with Gasteiger partial charge in [-0.1, -0.05) is 0 Å². The summed E-state index contributed by atoms with van der Waals surface area (Å²) in [7, 11) is 0. The molecule has 0 saturated heterocycles. The van der Waals surface area contributed by atoms with Crippen LogP contribution in [0.1, 0.15) is 10.6 Å². The van der Waals surface area contributed by atoms with E-state index in [1.807, 2.05) is 0 Å². The van der Waals surface area contributed by atoms with Crippen molar-refractivity contribution in [2.75, 3.05) is 0 Å². The van der Waals surface area contributed by atoms with Crippen molar-refractivity contribution in [1.82, 2.24) is 9.55 Å². The summed E-state index contributed by atoms with van der Waals surface area (Å²) in [6.45, 7) is 0. The van der Waals surface area contributed by atoms with Gasteiger partial charge in [-0.05, 0) is 12.1 Å². The fourth-order valence-electron chi connectivity index (χ4n) is 1.53. The first kappa shape index (κ1) is 9.65. The van der Waals surface area contributed by atoms with Gasteiger partial charge in [0.2, 0.25) is 0 Å². The Morgan fingerprint density at radius 3 is 3.00 bits per heavy atom. The third-order valence-corrected chi connectivity index (χ3v) is 2.35. The van der Waals surface area contributed by atoms with Crippen molar-refractivity contribution >= 4 is 5.91 Å². The van der Waals surface area contributed by atoms with Crippen molar-refractivity contribution < 1.29 is 13.6 Å². The summed E-state index contributed by atoms with van der Waals surface area (Å²) in [6, 6.07) is 5.22. The maximum Gasteiger partial charge on any atom is 0.298 e. The van der Waals surface area contributed by atoms with E-state index in [-0.39, 0.29) is 11.7 Å². The first-order chi connectivity index (χ1) is 8.34. The Kier molecular flexibility index (Phi) is 2.15. The van der Waals surface area contributed by atoms with Crippen molar-refractivity contribution in [2.24, 2.45) is 0 Å². The molecule has 0 radical (unpaired) electrons. The number of furan rings is 2. The van der Waals surface area contributed by atoms with Crippen LogP contribution in [0, 0.1) is 0 Å². The van der Waals surface area contributed by atoms with E-state index >= 15 is 0 Å². The normalized spacial score (nSPS) is 10.6. The molecule has 0 spiro atoms. The van der Waals surface area contributed by atoms with Crippen LogP contribution in [0.25, 0.3) is 11.3 Å². The van der Waals surface area contributed by atoms with E-state index in [9.17, 15) is 4.79 Å². The number of hydrogen-bond acceptors (Lipinski definition) is 4. The van der Waals surface area contributed by atoms with E-state index in [1.54, 1.807) is 30.7 Å². The molecule has 17 heavy (non-hydrogen) atoms. The van der Waals surface area contributed by atoms with Gasteiger partial charge in [-0.15, -0.1) is 0 Å². The van der Waals surface area contributed by atoms with Gasteiger partial charge in [-0.3, -0.25) is 9.36 Å². The minimum absolute atomic E-state index is 0.245. The lowest BCUT2D eigenvalue weighted by Gasteiger charge is -1.94. The number of aromatic nitrogens is 2. The Morgan fingerprint density at radius 2 is 2.29 bits per heavy atom. The molecule has 0 bridgehead atoms. The van der Waals surface area contributed by atoms with E-state index in [2.05, 4.69) is 4.98 Å². The third-order valence-electron chi connectivity index (χ3n) is 2.35. The van der Waals surface area contributed by atoms with Gasteiger partial charge in [0.05, 0.1) is 11.8 Å². The minimum Gasteiger partial charge on any atom is -0.464 e. The summed E-state index contributed by atoms with van der Waals surface area (Å²) in [5.41, 5.74) is 0.735. The zero-order valence-electron chi connectivity index (χ0n) is 8.74. The van der Waals surface area contributed by atoms with Crippen LogP contribution in [0.15, 0.2) is 58.3 Å². The smallest absolute Gasteiger partial charge is 0.298 e. The van der Waals surface area contributed by atoms with Crippen LogP contribution in [0.2, 0.25) is 0 Å². The summed E-state index contributed by atoms with van der Waals surface area (Å²) in [5, 5.41) is 0. The molecule has 5 nitrogen and oxygen atoms in total. The van der Waals surface area contributed by atoms with Crippen LogP contribution in [-0.2, 0) is 0 Å². The molecule has 3 rings (SSSR count). The molecule has 3 heterocycles. The van der Waals surface area contributed by atoms with Crippen LogP contribution in [-0.4, -0.2) is 15.5 Å². The van der Waals surface area contributed by atoms with Crippen molar-refractivity contribution in [3.63, 3.8) is 0 Å². The molecule has 0 unspecified atom stereocenters. The summed E-state index contributed by atoms with van der Waals surface area (Å²) in [4.78, 5) is 15.7. The lowest BCUT2D eigenvalue weighted by atomic mass is 10.2. The molecular weight excluding hydrogens is 220 g/mol. The number of carbonyl (C=O) groups excluding carboxylic acids is 1. The predicted molar refractivity (Wildman–Crippen MR) is 58.4 cm³/mol. The van der Waals surface area contributed by atoms with Crippen molar-refractivity contribution in [1.29, 1.82) is 0 Å². The molecule has 0 N–H and O–H groups in total. The second-order valence-corrected chi connectivity index (χ2v) is 3.45. The van der Waals surface area contributed by atoms with Gasteiger partial charge in [0.15, 0.2) is 5.76 Å². The molecule has 84 valence electrons. The lowest BCUT2D eigenvalue weighted by molar-refractivity contribution is 0.0932. The van der Waals surface area contributed by atoms with Crippen LogP contribution in [0.3, 0.4) is 0 Å². The molecule has 0 aromatic carbocycles. The second kappa shape index (κ2) is 3.79. The zero-order chi connectivity index (χ0) is 11.7. The number of carbonyl (C=O) groups is 1. The fraction of sp³-hybridized carbons (Fsp3) is 0. The van der Waals surface area contributed by atoms with E-state index in [4.69, 9.17) is 8.83 Å². The average Bonchev–Trinajstić information content (AvgIpc) is 3.09. The van der Waals surface area contributed by atoms with E-state index in [1.165, 1.54) is 23.4 Å². The molecule has 0 aliphatic rings. The predicted octanol–water partition coefficient (Wildman–Crippen LogP) is 2.42. The Hall–Kier alpha value is -2.56. The van der Waals surface area contributed by atoms with Crippen molar-refractivity contribution in [3.8, 4) is 11.3 Å². The SMILES string of the molecule is O=C(c1cc(-c2ccco2)co1)n1ccnc1. The molecule has 3 aromatic heterocycles. The Bertz CT molecular complexity index is 621. The molecule has 3 aromatic rings. The summed E-state index contributed by atoms with van der Waals surface area (Å²) < 4.78 is 11.8. The van der Waals surface area contributed by atoms with Gasteiger partial charge >= 0.3 is 0 Å². The molecule has 0 amide bonds. The summed E-state index contributed by atoms with van der Waals surface area (Å²) >= 11 is 0. The Labute approximate surface area is 96.3 Å². The van der Waals surface area contributed by atoms with Gasteiger partial charge in [0, 0.05) is 18.5 Å². The molecule has 0 aliphatic heterocycles. The first-order valence-corrected chi connectivity index (χ1v) is 4.99. The number of nitrogens with zero attached hydrogens (tertiary/aromatic N) is 2. The molecule has 0 aliphatic carbocycles. The number of hydrogen-bond donors (Lipinski definition) is 0. The highest BCUT2D eigenvalue weighted by atomic mass is 16.3. The quantitative estimate of drug-likeness (QED) is 0.675. The monoisotopic (exact) mass is 228 g/mol. The van der Waals surface area contributed by atoms with Gasteiger partial charge in [0.25, 0.3) is 5.91 Å². The third kappa shape index (κ3) is 1.67. The zero-order valence-corrected chi connectivity index (χ0v) is 8.74. The Balaban J connectivity index is 1.93. The molecule has 0 saturated carbocycles. The average molecular weight is 228 g/mol. The van der Waals surface area contributed by atoms with E-state index in [0.717, 1.165) is 5.56 Å². The van der Waals surface area contributed by atoms with Crippen LogP contribution < -0.4 is 0 Å². The highest BCUT2D eigenvalue weighted by Gasteiger charge is 2.14. The first-order valence-electron chi connectivity index (χ1n) is 4.99. The number of imidazole rings is 1.